The predicted molar refractivity (Wildman–Crippen MR) is 107 cm³/mol. The van der Waals surface area contributed by atoms with Gasteiger partial charge in [0.25, 0.3) is 0 Å². The standard InChI is InChI=1S/C18H18Cl4N2O4/c1-18(2,3)28-17(27)24-9(25)5-4-7(16(24)26)15-10-8(6-23-15)11(19)13(21)14(22)12(10)20/h7,15,23H,4-6H2,1-3H3. The third kappa shape index (κ3) is 3.73. The van der Waals surface area contributed by atoms with Gasteiger partial charge in [-0.3, -0.25) is 9.59 Å². The summed E-state index contributed by atoms with van der Waals surface area (Å²) < 4.78 is 5.22. The summed E-state index contributed by atoms with van der Waals surface area (Å²) in [5.41, 5.74) is 0.377. The minimum absolute atomic E-state index is 0.0236. The van der Waals surface area contributed by atoms with Crippen LogP contribution in [0.4, 0.5) is 4.79 Å². The Morgan fingerprint density at radius 1 is 1.07 bits per heavy atom. The summed E-state index contributed by atoms with van der Waals surface area (Å²) in [4.78, 5) is 38.3. The second-order valence-electron chi connectivity index (χ2n) is 7.70. The summed E-state index contributed by atoms with van der Waals surface area (Å²) >= 11 is 25.0. The van der Waals surface area contributed by atoms with Crippen molar-refractivity contribution < 1.29 is 19.1 Å². The normalized spacial score (nSPS) is 22.5. The first-order valence-electron chi connectivity index (χ1n) is 8.62. The molecule has 1 N–H and O–H groups in total. The Labute approximate surface area is 182 Å². The van der Waals surface area contributed by atoms with Crippen LogP contribution in [0.1, 0.15) is 50.8 Å². The topological polar surface area (TPSA) is 75.7 Å². The molecule has 3 amide bonds. The number of halogens is 4. The highest BCUT2D eigenvalue weighted by atomic mass is 35.5. The molecule has 1 fully saturated rings. The minimum Gasteiger partial charge on any atom is -0.443 e. The highest BCUT2D eigenvalue weighted by Gasteiger charge is 2.46. The van der Waals surface area contributed by atoms with Crippen molar-refractivity contribution >= 4 is 64.3 Å². The summed E-state index contributed by atoms with van der Waals surface area (Å²) in [5, 5.41) is 3.90. The molecule has 1 aromatic carbocycles. The quantitative estimate of drug-likeness (QED) is 0.351. The number of piperidine rings is 1. The third-order valence-corrected chi connectivity index (χ3v) is 6.50. The molecule has 2 aliphatic heterocycles. The number of fused-ring (bicyclic) bond motifs is 1. The maximum absolute atomic E-state index is 13.0. The molecular weight excluding hydrogens is 450 g/mol. The number of benzene rings is 1. The molecule has 10 heteroatoms. The lowest BCUT2D eigenvalue weighted by Crippen LogP contribution is -2.52. The van der Waals surface area contributed by atoms with Crippen LogP contribution in [0.15, 0.2) is 0 Å². The Hall–Kier alpha value is -1.05. The average molecular weight is 468 g/mol. The van der Waals surface area contributed by atoms with Crippen molar-refractivity contribution in [2.45, 2.75) is 51.8 Å². The number of carbonyl (C=O) groups is 3. The Balaban J connectivity index is 1.96. The van der Waals surface area contributed by atoms with E-state index in [4.69, 9.17) is 51.1 Å². The highest BCUT2D eigenvalue weighted by Crippen LogP contribution is 2.49. The molecule has 152 valence electrons. The number of ether oxygens (including phenoxy) is 1. The fraction of sp³-hybridized carbons (Fsp3) is 0.500. The molecule has 2 heterocycles. The Morgan fingerprint density at radius 2 is 1.68 bits per heavy atom. The number of hydrogen-bond donors (Lipinski definition) is 1. The van der Waals surface area contributed by atoms with Gasteiger partial charge in [0.1, 0.15) is 5.60 Å². The molecule has 0 saturated carbocycles. The van der Waals surface area contributed by atoms with Crippen LogP contribution in [0.5, 0.6) is 0 Å². The third-order valence-electron chi connectivity index (χ3n) is 4.65. The maximum Gasteiger partial charge on any atom is 0.424 e. The first kappa shape index (κ1) is 21.7. The van der Waals surface area contributed by atoms with Crippen molar-refractivity contribution in [3.63, 3.8) is 0 Å². The first-order chi connectivity index (χ1) is 12.9. The molecule has 0 aliphatic carbocycles. The highest BCUT2D eigenvalue weighted by molar-refractivity contribution is 6.52. The Kier molecular flexibility index (Phi) is 5.92. The van der Waals surface area contributed by atoms with Crippen LogP contribution in [0.25, 0.3) is 0 Å². The molecular formula is C18H18Cl4N2O4. The zero-order valence-corrected chi connectivity index (χ0v) is 18.4. The summed E-state index contributed by atoms with van der Waals surface area (Å²) in [6, 6.07) is -0.555. The van der Waals surface area contributed by atoms with Gasteiger partial charge in [-0.05, 0) is 38.3 Å². The lowest BCUT2D eigenvalue weighted by molar-refractivity contribution is -0.150. The van der Waals surface area contributed by atoms with Crippen LogP contribution < -0.4 is 5.32 Å². The van der Waals surface area contributed by atoms with Crippen molar-refractivity contribution in [1.29, 1.82) is 0 Å². The van der Waals surface area contributed by atoms with Gasteiger partial charge < -0.3 is 10.1 Å². The number of carbonyl (C=O) groups excluding carboxylic acids is 3. The average Bonchev–Trinajstić information content (AvgIpc) is 3.01. The molecule has 2 aliphatic rings. The van der Waals surface area contributed by atoms with E-state index in [-0.39, 0.29) is 32.9 Å². The van der Waals surface area contributed by atoms with Gasteiger partial charge in [-0.25, -0.2) is 4.79 Å². The molecule has 3 rings (SSSR count). The molecule has 0 aromatic heterocycles. The van der Waals surface area contributed by atoms with Crippen molar-refractivity contribution in [3.8, 4) is 0 Å². The zero-order chi connectivity index (χ0) is 21.0. The smallest absolute Gasteiger partial charge is 0.424 e. The second-order valence-corrected chi connectivity index (χ2v) is 9.21. The molecule has 2 unspecified atom stereocenters. The number of nitrogens with one attached hydrogen (secondary N) is 1. The van der Waals surface area contributed by atoms with Crippen LogP contribution in [0, 0.1) is 5.92 Å². The van der Waals surface area contributed by atoms with Crippen molar-refractivity contribution in [2.24, 2.45) is 5.92 Å². The van der Waals surface area contributed by atoms with E-state index in [1.807, 2.05) is 0 Å². The van der Waals surface area contributed by atoms with Gasteiger partial charge >= 0.3 is 6.09 Å². The molecule has 0 bridgehead atoms. The van der Waals surface area contributed by atoms with E-state index in [2.05, 4.69) is 5.32 Å². The fourth-order valence-corrected chi connectivity index (χ4v) is 4.55. The van der Waals surface area contributed by atoms with Crippen molar-refractivity contribution in [3.05, 3.63) is 31.2 Å². The molecule has 0 spiro atoms. The van der Waals surface area contributed by atoms with Gasteiger partial charge in [0.2, 0.25) is 11.8 Å². The van der Waals surface area contributed by atoms with E-state index in [1.165, 1.54) is 0 Å². The Bertz CT molecular complexity index is 882. The van der Waals surface area contributed by atoms with Crippen molar-refractivity contribution in [2.75, 3.05) is 0 Å². The van der Waals surface area contributed by atoms with Gasteiger partial charge in [-0.15, -0.1) is 0 Å². The molecule has 0 radical (unpaired) electrons. The van der Waals surface area contributed by atoms with Crippen LogP contribution in [0.2, 0.25) is 20.1 Å². The van der Waals surface area contributed by atoms with Crippen LogP contribution in [-0.4, -0.2) is 28.4 Å². The Morgan fingerprint density at radius 3 is 2.29 bits per heavy atom. The molecule has 1 aromatic rings. The molecule has 1 saturated heterocycles. The number of rotatable bonds is 1. The predicted octanol–water partition coefficient (Wildman–Crippen LogP) is 5.14. The lowest BCUT2D eigenvalue weighted by Gasteiger charge is -2.34. The number of likely N-dealkylation sites (tertiary alicyclic amines) is 1. The summed E-state index contributed by atoms with van der Waals surface area (Å²) in [7, 11) is 0. The fourth-order valence-electron chi connectivity index (χ4n) is 3.46. The number of amides is 3. The SMILES string of the molecule is CC(C)(C)OC(=O)N1C(=O)CCC(C2NCc3c(Cl)c(Cl)c(Cl)c(Cl)c32)C1=O. The van der Waals surface area contributed by atoms with E-state index in [1.54, 1.807) is 20.8 Å². The van der Waals surface area contributed by atoms with Gasteiger partial charge in [0, 0.05) is 19.0 Å². The maximum atomic E-state index is 13.0. The monoisotopic (exact) mass is 466 g/mol. The number of nitrogens with zero attached hydrogens (tertiary/aromatic N) is 1. The first-order valence-corrected chi connectivity index (χ1v) is 10.1. The van der Waals surface area contributed by atoms with Crippen LogP contribution in [0.3, 0.4) is 0 Å². The van der Waals surface area contributed by atoms with Gasteiger partial charge in [0.05, 0.1) is 26.0 Å². The summed E-state index contributed by atoms with van der Waals surface area (Å²) in [6.07, 6.45) is -0.707. The van der Waals surface area contributed by atoms with E-state index in [0.29, 0.717) is 22.6 Å². The van der Waals surface area contributed by atoms with E-state index in [9.17, 15) is 14.4 Å². The van der Waals surface area contributed by atoms with E-state index < -0.39 is 35.5 Å². The minimum atomic E-state index is -0.983. The van der Waals surface area contributed by atoms with Crippen LogP contribution in [-0.2, 0) is 20.9 Å². The van der Waals surface area contributed by atoms with Crippen LogP contribution >= 0.6 is 46.4 Å². The van der Waals surface area contributed by atoms with Gasteiger partial charge in [-0.1, -0.05) is 46.4 Å². The van der Waals surface area contributed by atoms with Gasteiger partial charge in [0.15, 0.2) is 0 Å². The molecule has 2 atom stereocenters. The number of imide groups is 3. The second kappa shape index (κ2) is 7.65. The van der Waals surface area contributed by atoms with Crippen molar-refractivity contribution in [1.82, 2.24) is 10.2 Å². The van der Waals surface area contributed by atoms with E-state index in [0.717, 1.165) is 0 Å². The largest absolute Gasteiger partial charge is 0.443 e. The number of hydrogen-bond acceptors (Lipinski definition) is 5. The van der Waals surface area contributed by atoms with E-state index >= 15 is 0 Å². The molecule has 28 heavy (non-hydrogen) atoms. The lowest BCUT2D eigenvalue weighted by atomic mass is 9.86. The zero-order valence-electron chi connectivity index (χ0n) is 15.4. The molecule has 6 nitrogen and oxygen atoms in total. The van der Waals surface area contributed by atoms with Gasteiger partial charge in [-0.2, -0.15) is 4.90 Å². The summed E-state index contributed by atoms with van der Waals surface area (Å²) in [6.45, 7) is 5.30. The summed E-state index contributed by atoms with van der Waals surface area (Å²) in [5.74, 6) is -1.95.